The highest BCUT2D eigenvalue weighted by Gasteiger charge is 2.38. The maximum atomic E-state index is 12.8. The largest absolute Gasteiger partial charge is 0.490 e. The van der Waals surface area contributed by atoms with Crippen LogP contribution in [0.1, 0.15) is 31.1 Å². The molecule has 0 radical (unpaired) electrons. The first-order valence-corrected chi connectivity index (χ1v) is 8.34. The van der Waals surface area contributed by atoms with E-state index < -0.39 is 5.60 Å². The van der Waals surface area contributed by atoms with Gasteiger partial charge in [0.1, 0.15) is 23.5 Å². The van der Waals surface area contributed by atoms with Gasteiger partial charge in [0.15, 0.2) is 0 Å². The zero-order chi connectivity index (χ0) is 17.5. The first-order valence-electron chi connectivity index (χ1n) is 7.96. The van der Waals surface area contributed by atoms with Crippen molar-refractivity contribution in [1.29, 1.82) is 0 Å². The minimum atomic E-state index is -0.548. The van der Waals surface area contributed by atoms with E-state index >= 15 is 0 Å². The van der Waals surface area contributed by atoms with Gasteiger partial charge in [-0.25, -0.2) is 4.79 Å². The fraction of sp³-hybridized carbons (Fsp3) is 0.529. The number of hydrogen-bond donors (Lipinski definition) is 0. The van der Waals surface area contributed by atoms with E-state index in [1.165, 1.54) is 0 Å². The van der Waals surface area contributed by atoms with E-state index in [0.717, 1.165) is 0 Å². The number of benzene rings is 1. The molecule has 0 bridgehead atoms. The number of nitrogens with zero attached hydrogens (tertiary/aromatic N) is 2. The highest BCUT2D eigenvalue weighted by atomic mass is 35.5. The molecule has 3 rings (SSSR count). The second-order valence-corrected chi connectivity index (χ2v) is 7.41. The van der Waals surface area contributed by atoms with Crippen molar-refractivity contribution >= 4 is 23.6 Å². The Kier molecular flexibility index (Phi) is 4.34. The van der Waals surface area contributed by atoms with Crippen molar-refractivity contribution in [2.75, 3.05) is 26.2 Å². The molecule has 0 aliphatic carbocycles. The molecule has 0 aromatic heterocycles. The van der Waals surface area contributed by atoms with Gasteiger partial charge in [-0.15, -0.1) is 0 Å². The number of ether oxygens (including phenoxy) is 2. The molecule has 1 atom stereocenters. The van der Waals surface area contributed by atoms with E-state index in [9.17, 15) is 9.59 Å². The summed E-state index contributed by atoms with van der Waals surface area (Å²) < 4.78 is 11.2. The number of carbonyl (C=O) groups excluding carboxylic acids is 2. The van der Waals surface area contributed by atoms with E-state index in [-0.39, 0.29) is 18.0 Å². The number of piperazine rings is 1. The summed E-state index contributed by atoms with van der Waals surface area (Å²) in [4.78, 5) is 28.5. The highest BCUT2D eigenvalue weighted by Crippen LogP contribution is 2.32. The fourth-order valence-electron chi connectivity index (χ4n) is 2.92. The summed E-state index contributed by atoms with van der Waals surface area (Å²) in [5.41, 5.74) is -0.152. The van der Waals surface area contributed by atoms with Gasteiger partial charge in [0.25, 0.3) is 5.91 Å². The van der Waals surface area contributed by atoms with Crippen molar-refractivity contribution in [2.24, 2.45) is 0 Å². The number of fused-ring (bicyclic) bond motifs is 2. The van der Waals surface area contributed by atoms with Crippen LogP contribution in [0.25, 0.3) is 0 Å². The molecular weight excluding hydrogens is 332 g/mol. The van der Waals surface area contributed by atoms with E-state index in [1.54, 1.807) is 28.0 Å². The van der Waals surface area contributed by atoms with E-state index in [0.29, 0.717) is 42.6 Å². The third-order valence-electron chi connectivity index (χ3n) is 4.02. The molecule has 2 aliphatic heterocycles. The average Bonchev–Trinajstić information content (AvgIpc) is 2.63. The Hall–Kier alpha value is -1.95. The maximum Gasteiger partial charge on any atom is 0.410 e. The summed E-state index contributed by atoms with van der Waals surface area (Å²) in [6, 6.07) is 4.95. The third-order valence-corrected chi connectivity index (χ3v) is 4.33. The van der Waals surface area contributed by atoms with Crippen LogP contribution in [0.2, 0.25) is 5.02 Å². The first kappa shape index (κ1) is 16.9. The summed E-state index contributed by atoms with van der Waals surface area (Å²) >= 11 is 6.18. The molecule has 2 amide bonds. The fourth-order valence-corrected chi connectivity index (χ4v) is 3.17. The lowest BCUT2D eigenvalue weighted by Gasteiger charge is -2.40. The van der Waals surface area contributed by atoms with E-state index in [2.05, 4.69) is 0 Å². The van der Waals surface area contributed by atoms with Crippen molar-refractivity contribution in [3.63, 3.8) is 0 Å². The molecular formula is C17H21ClN2O4. The lowest BCUT2D eigenvalue weighted by atomic mass is 10.1. The van der Waals surface area contributed by atoms with Crippen LogP contribution in [-0.4, -0.2) is 59.7 Å². The van der Waals surface area contributed by atoms with Gasteiger partial charge in [0, 0.05) is 19.6 Å². The van der Waals surface area contributed by atoms with Crippen molar-refractivity contribution in [1.82, 2.24) is 9.80 Å². The van der Waals surface area contributed by atoms with Gasteiger partial charge in [-0.1, -0.05) is 17.7 Å². The predicted octanol–water partition coefficient (Wildman–Crippen LogP) is 2.79. The molecule has 2 heterocycles. The number of amides is 2. The lowest BCUT2D eigenvalue weighted by molar-refractivity contribution is 0.000952. The quantitative estimate of drug-likeness (QED) is 0.720. The maximum absolute atomic E-state index is 12.8. The summed E-state index contributed by atoms with van der Waals surface area (Å²) in [5.74, 6) is 0.340. The second-order valence-electron chi connectivity index (χ2n) is 7.00. The van der Waals surface area contributed by atoms with Crippen molar-refractivity contribution in [2.45, 2.75) is 32.4 Å². The second kappa shape index (κ2) is 6.16. The molecule has 0 saturated carbocycles. The van der Waals surface area contributed by atoms with E-state index in [4.69, 9.17) is 21.1 Å². The minimum absolute atomic E-state index is 0.151. The van der Waals surface area contributed by atoms with Crippen molar-refractivity contribution in [3.8, 4) is 5.75 Å². The Morgan fingerprint density at radius 3 is 2.79 bits per heavy atom. The minimum Gasteiger partial charge on any atom is -0.490 e. The normalized spacial score (nSPS) is 20.7. The molecule has 1 aromatic rings. The molecule has 130 valence electrons. The molecule has 0 spiro atoms. The molecule has 1 fully saturated rings. The van der Waals surface area contributed by atoms with Crippen LogP contribution in [0.4, 0.5) is 4.79 Å². The Morgan fingerprint density at radius 1 is 1.33 bits per heavy atom. The van der Waals surface area contributed by atoms with Crippen LogP contribution in [0.15, 0.2) is 18.2 Å². The Bertz CT molecular complexity index is 671. The van der Waals surface area contributed by atoms with Gasteiger partial charge >= 0.3 is 6.09 Å². The summed E-state index contributed by atoms with van der Waals surface area (Å²) in [6.07, 6.45) is -0.366. The SMILES string of the molecule is CC(C)(C)OC(=O)N1CCN2C(=O)c3c(Cl)cccc3OCC2C1. The molecule has 7 heteroatoms. The number of hydrogen-bond acceptors (Lipinski definition) is 4. The van der Waals surface area contributed by atoms with Crippen LogP contribution in [0.3, 0.4) is 0 Å². The van der Waals surface area contributed by atoms with E-state index in [1.807, 2.05) is 20.8 Å². The van der Waals surface area contributed by atoms with Gasteiger partial charge in [-0.2, -0.15) is 0 Å². The first-order chi connectivity index (χ1) is 11.3. The Labute approximate surface area is 146 Å². The summed E-state index contributed by atoms with van der Waals surface area (Å²) in [7, 11) is 0. The lowest BCUT2D eigenvalue weighted by Crippen LogP contribution is -2.58. The zero-order valence-corrected chi connectivity index (χ0v) is 14.8. The van der Waals surface area contributed by atoms with Gasteiger partial charge in [-0.3, -0.25) is 4.79 Å². The molecule has 6 nitrogen and oxygen atoms in total. The topological polar surface area (TPSA) is 59.1 Å². The molecule has 1 unspecified atom stereocenters. The van der Waals surface area contributed by atoms with Crippen molar-refractivity contribution in [3.05, 3.63) is 28.8 Å². The van der Waals surface area contributed by atoms with Crippen LogP contribution >= 0.6 is 11.6 Å². The molecule has 2 aliphatic rings. The smallest absolute Gasteiger partial charge is 0.410 e. The number of carbonyl (C=O) groups is 2. The van der Waals surface area contributed by atoms with Crippen LogP contribution < -0.4 is 4.74 Å². The van der Waals surface area contributed by atoms with Crippen LogP contribution in [0, 0.1) is 0 Å². The predicted molar refractivity (Wildman–Crippen MR) is 89.6 cm³/mol. The van der Waals surface area contributed by atoms with Crippen LogP contribution in [-0.2, 0) is 4.74 Å². The standard InChI is InChI=1S/C17H21ClN2O4/c1-17(2,3)24-16(22)19-7-8-20-11(9-19)10-23-13-6-4-5-12(18)14(13)15(20)21/h4-6,11H,7-10H2,1-3H3. The van der Waals surface area contributed by atoms with Gasteiger partial charge in [0.05, 0.1) is 11.1 Å². The van der Waals surface area contributed by atoms with Gasteiger partial charge in [-0.05, 0) is 32.9 Å². The highest BCUT2D eigenvalue weighted by molar-refractivity contribution is 6.34. The Balaban J connectivity index is 1.78. The van der Waals surface area contributed by atoms with Gasteiger partial charge in [0.2, 0.25) is 0 Å². The number of halogens is 1. The molecule has 1 saturated heterocycles. The molecule has 1 aromatic carbocycles. The molecule has 24 heavy (non-hydrogen) atoms. The van der Waals surface area contributed by atoms with Crippen LogP contribution in [0.5, 0.6) is 5.75 Å². The monoisotopic (exact) mass is 352 g/mol. The average molecular weight is 353 g/mol. The number of rotatable bonds is 0. The summed E-state index contributed by atoms with van der Waals surface area (Å²) in [6.45, 7) is 7.05. The summed E-state index contributed by atoms with van der Waals surface area (Å²) in [5, 5.41) is 0.382. The molecule has 0 N–H and O–H groups in total. The van der Waals surface area contributed by atoms with Gasteiger partial charge < -0.3 is 19.3 Å². The van der Waals surface area contributed by atoms with Crippen molar-refractivity contribution < 1.29 is 19.1 Å². The third kappa shape index (κ3) is 3.29. The Morgan fingerprint density at radius 2 is 2.08 bits per heavy atom. The zero-order valence-electron chi connectivity index (χ0n) is 14.0.